The molecule has 2 heteroatoms. The molecule has 0 aliphatic heterocycles. The van der Waals surface area contributed by atoms with Crippen molar-refractivity contribution < 1.29 is 4.42 Å². The SMILES string of the molecule is CC1CC1c1ccc(CCNC2CC2)o1. The molecule has 15 heavy (non-hydrogen) atoms. The highest BCUT2D eigenvalue weighted by Gasteiger charge is 2.36. The Bertz CT molecular complexity index is 340. The molecule has 1 aromatic heterocycles. The Kier molecular flexibility index (Phi) is 2.32. The Morgan fingerprint density at radius 1 is 1.40 bits per heavy atom. The molecule has 0 saturated heterocycles. The molecule has 2 aliphatic rings. The van der Waals surface area contributed by atoms with E-state index in [0.29, 0.717) is 0 Å². The fourth-order valence-electron chi connectivity index (χ4n) is 2.13. The highest BCUT2D eigenvalue weighted by atomic mass is 16.3. The Hall–Kier alpha value is -0.760. The maximum absolute atomic E-state index is 5.84. The molecule has 3 rings (SSSR count). The number of hydrogen-bond acceptors (Lipinski definition) is 2. The van der Waals surface area contributed by atoms with E-state index in [9.17, 15) is 0 Å². The predicted molar refractivity (Wildman–Crippen MR) is 60.0 cm³/mol. The van der Waals surface area contributed by atoms with Gasteiger partial charge < -0.3 is 9.73 Å². The van der Waals surface area contributed by atoms with Crippen LogP contribution in [0.25, 0.3) is 0 Å². The second kappa shape index (κ2) is 3.67. The second-order valence-corrected chi connectivity index (χ2v) is 5.10. The number of rotatable bonds is 5. The van der Waals surface area contributed by atoms with Crippen molar-refractivity contribution in [3.63, 3.8) is 0 Å². The van der Waals surface area contributed by atoms with Crippen LogP contribution in [0.3, 0.4) is 0 Å². The van der Waals surface area contributed by atoms with Crippen molar-refractivity contribution in [3.8, 4) is 0 Å². The van der Waals surface area contributed by atoms with E-state index in [0.717, 1.165) is 36.6 Å². The Labute approximate surface area is 91.0 Å². The monoisotopic (exact) mass is 205 g/mol. The third-order valence-electron chi connectivity index (χ3n) is 3.54. The van der Waals surface area contributed by atoms with Crippen LogP contribution in [0.1, 0.15) is 43.6 Å². The number of nitrogens with one attached hydrogen (secondary N) is 1. The summed E-state index contributed by atoms with van der Waals surface area (Å²) in [5.41, 5.74) is 0. The van der Waals surface area contributed by atoms with Crippen molar-refractivity contribution in [1.29, 1.82) is 0 Å². The van der Waals surface area contributed by atoms with E-state index in [1.807, 2.05) is 0 Å². The van der Waals surface area contributed by atoms with Gasteiger partial charge in [-0.05, 0) is 37.3 Å². The van der Waals surface area contributed by atoms with Crippen molar-refractivity contribution in [2.24, 2.45) is 5.92 Å². The average Bonchev–Trinajstić information content (AvgIpc) is 3.11. The van der Waals surface area contributed by atoms with Gasteiger partial charge in [0.1, 0.15) is 11.5 Å². The topological polar surface area (TPSA) is 25.2 Å². The van der Waals surface area contributed by atoms with Gasteiger partial charge >= 0.3 is 0 Å². The van der Waals surface area contributed by atoms with Crippen LogP contribution in [0.2, 0.25) is 0 Å². The highest BCUT2D eigenvalue weighted by molar-refractivity contribution is 5.17. The maximum Gasteiger partial charge on any atom is 0.107 e. The van der Waals surface area contributed by atoms with E-state index in [1.54, 1.807) is 0 Å². The van der Waals surface area contributed by atoms with Crippen LogP contribution >= 0.6 is 0 Å². The molecule has 2 unspecified atom stereocenters. The van der Waals surface area contributed by atoms with Gasteiger partial charge in [0, 0.05) is 24.9 Å². The van der Waals surface area contributed by atoms with E-state index in [2.05, 4.69) is 24.4 Å². The summed E-state index contributed by atoms with van der Waals surface area (Å²) in [5, 5.41) is 3.51. The van der Waals surface area contributed by atoms with Crippen molar-refractivity contribution in [1.82, 2.24) is 5.32 Å². The first-order chi connectivity index (χ1) is 7.33. The van der Waals surface area contributed by atoms with Gasteiger partial charge in [0.2, 0.25) is 0 Å². The van der Waals surface area contributed by atoms with Gasteiger partial charge in [-0.25, -0.2) is 0 Å². The highest BCUT2D eigenvalue weighted by Crippen LogP contribution is 2.47. The summed E-state index contributed by atoms with van der Waals surface area (Å²) in [6.45, 7) is 3.36. The zero-order chi connectivity index (χ0) is 10.3. The van der Waals surface area contributed by atoms with Crippen LogP contribution in [0, 0.1) is 5.92 Å². The molecule has 1 aromatic rings. The Morgan fingerprint density at radius 2 is 2.20 bits per heavy atom. The lowest BCUT2D eigenvalue weighted by Crippen LogP contribution is -2.18. The van der Waals surface area contributed by atoms with Crippen LogP contribution in [0.15, 0.2) is 16.5 Å². The predicted octanol–water partition coefficient (Wildman–Crippen LogP) is 2.70. The zero-order valence-corrected chi connectivity index (χ0v) is 9.33. The number of furan rings is 1. The van der Waals surface area contributed by atoms with Crippen LogP contribution in [0.4, 0.5) is 0 Å². The molecular weight excluding hydrogens is 186 g/mol. The first kappa shape index (κ1) is 9.46. The average molecular weight is 205 g/mol. The molecular formula is C13H19NO. The van der Waals surface area contributed by atoms with E-state index in [-0.39, 0.29) is 0 Å². The lowest BCUT2D eigenvalue weighted by Gasteiger charge is -1.99. The third-order valence-corrected chi connectivity index (χ3v) is 3.54. The van der Waals surface area contributed by atoms with Gasteiger partial charge in [0.05, 0.1) is 0 Å². The molecule has 0 spiro atoms. The van der Waals surface area contributed by atoms with Crippen molar-refractivity contribution in [2.75, 3.05) is 6.54 Å². The fraction of sp³-hybridized carbons (Fsp3) is 0.692. The van der Waals surface area contributed by atoms with Gasteiger partial charge in [-0.2, -0.15) is 0 Å². The fourth-order valence-corrected chi connectivity index (χ4v) is 2.13. The molecule has 82 valence electrons. The Morgan fingerprint density at radius 3 is 2.87 bits per heavy atom. The minimum absolute atomic E-state index is 0.718. The van der Waals surface area contributed by atoms with E-state index in [1.165, 1.54) is 25.0 Å². The lowest BCUT2D eigenvalue weighted by molar-refractivity contribution is 0.455. The molecule has 2 aliphatic carbocycles. The second-order valence-electron chi connectivity index (χ2n) is 5.10. The zero-order valence-electron chi connectivity index (χ0n) is 9.33. The van der Waals surface area contributed by atoms with E-state index >= 15 is 0 Å². The molecule has 1 heterocycles. The first-order valence-corrected chi connectivity index (χ1v) is 6.15. The third kappa shape index (κ3) is 2.25. The molecule has 2 fully saturated rings. The van der Waals surface area contributed by atoms with Gasteiger partial charge in [0.15, 0.2) is 0 Å². The van der Waals surface area contributed by atoms with Crippen LogP contribution in [0.5, 0.6) is 0 Å². The van der Waals surface area contributed by atoms with Gasteiger partial charge in [-0.3, -0.25) is 0 Å². The summed E-state index contributed by atoms with van der Waals surface area (Å²) in [5.74, 6) is 3.92. The summed E-state index contributed by atoms with van der Waals surface area (Å²) in [7, 11) is 0. The standard InChI is InChI=1S/C13H19NO/c1-9-8-12(9)13-5-4-11(15-13)6-7-14-10-2-3-10/h4-5,9-10,12,14H,2-3,6-8H2,1H3. The Balaban J connectivity index is 1.49. The van der Waals surface area contributed by atoms with Crippen molar-refractivity contribution >= 4 is 0 Å². The summed E-state index contributed by atoms with van der Waals surface area (Å²) in [6.07, 6.45) is 5.08. The summed E-state index contributed by atoms with van der Waals surface area (Å²) >= 11 is 0. The molecule has 2 saturated carbocycles. The maximum atomic E-state index is 5.84. The quantitative estimate of drug-likeness (QED) is 0.799. The van der Waals surface area contributed by atoms with Crippen molar-refractivity contribution in [2.45, 2.75) is 44.6 Å². The van der Waals surface area contributed by atoms with Crippen LogP contribution in [-0.4, -0.2) is 12.6 Å². The smallest absolute Gasteiger partial charge is 0.107 e. The van der Waals surface area contributed by atoms with E-state index < -0.39 is 0 Å². The molecule has 2 nitrogen and oxygen atoms in total. The molecule has 0 bridgehead atoms. The largest absolute Gasteiger partial charge is 0.466 e. The normalized spacial score (nSPS) is 29.4. The van der Waals surface area contributed by atoms with Gasteiger partial charge in [0.25, 0.3) is 0 Å². The summed E-state index contributed by atoms with van der Waals surface area (Å²) in [6, 6.07) is 5.12. The lowest BCUT2D eigenvalue weighted by atomic mass is 10.2. The van der Waals surface area contributed by atoms with Crippen LogP contribution in [-0.2, 0) is 6.42 Å². The van der Waals surface area contributed by atoms with Gasteiger partial charge in [-0.1, -0.05) is 6.92 Å². The van der Waals surface area contributed by atoms with Crippen LogP contribution < -0.4 is 5.32 Å². The van der Waals surface area contributed by atoms with E-state index in [4.69, 9.17) is 4.42 Å². The van der Waals surface area contributed by atoms with Crippen molar-refractivity contribution in [3.05, 3.63) is 23.7 Å². The summed E-state index contributed by atoms with van der Waals surface area (Å²) < 4.78 is 5.84. The minimum Gasteiger partial charge on any atom is -0.466 e. The summed E-state index contributed by atoms with van der Waals surface area (Å²) in [4.78, 5) is 0. The minimum atomic E-state index is 0.718. The molecule has 2 atom stereocenters. The number of hydrogen-bond donors (Lipinski definition) is 1. The molecule has 1 N–H and O–H groups in total. The molecule has 0 amide bonds. The van der Waals surface area contributed by atoms with Gasteiger partial charge in [-0.15, -0.1) is 0 Å². The first-order valence-electron chi connectivity index (χ1n) is 6.15. The molecule has 0 radical (unpaired) electrons. The molecule has 0 aromatic carbocycles.